The molecule has 1 N–H and O–H groups in total. The van der Waals surface area contributed by atoms with E-state index in [1.54, 1.807) is 42.5 Å². The summed E-state index contributed by atoms with van der Waals surface area (Å²) in [4.78, 5) is 43.5. The maximum absolute atomic E-state index is 14.5. The van der Waals surface area contributed by atoms with Crippen LogP contribution in [-0.4, -0.2) is 33.2 Å². The summed E-state index contributed by atoms with van der Waals surface area (Å²) in [5, 5.41) is 20.2. The largest absolute Gasteiger partial charge is 0.479 e. The van der Waals surface area contributed by atoms with Crippen LogP contribution in [0.4, 0.5) is 4.39 Å². The van der Waals surface area contributed by atoms with Crippen LogP contribution < -0.4 is 0 Å². The van der Waals surface area contributed by atoms with Crippen molar-refractivity contribution >= 4 is 17.7 Å². The fraction of sp³-hybridized carbons (Fsp3) is 0.333. The standard InChI is InChI=1S/C33H31FN2O4/c1-20-6-5-9-25(18-20)30(37)27-28(22-14-16-26(34)17-15-22)33(2,32(39)40)36(31(38)24-7-3-4-8-24)29(27)23-12-10-21(19-35)11-13-23/h5-6,9-18,24,27-29H,3-4,7-8H2,1-2H3,(H,39,40). The van der Waals surface area contributed by atoms with Gasteiger partial charge in [0.25, 0.3) is 0 Å². The van der Waals surface area contributed by atoms with Crippen molar-refractivity contribution < 1.29 is 23.9 Å². The minimum Gasteiger partial charge on any atom is -0.479 e. The minimum absolute atomic E-state index is 0.289. The molecular weight excluding hydrogens is 507 g/mol. The van der Waals surface area contributed by atoms with Crippen LogP contribution in [0.1, 0.15) is 77.2 Å². The van der Waals surface area contributed by atoms with E-state index in [1.165, 1.54) is 36.1 Å². The Kier molecular flexibility index (Phi) is 7.29. The number of nitriles is 1. The fourth-order valence-corrected chi connectivity index (χ4v) is 6.70. The summed E-state index contributed by atoms with van der Waals surface area (Å²) >= 11 is 0. The zero-order valence-electron chi connectivity index (χ0n) is 22.5. The number of aryl methyl sites for hydroxylation is 1. The number of amides is 1. The van der Waals surface area contributed by atoms with Crippen LogP contribution in [-0.2, 0) is 9.59 Å². The van der Waals surface area contributed by atoms with Gasteiger partial charge in [0.2, 0.25) is 5.91 Å². The number of benzene rings is 3. The van der Waals surface area contributed by atoms with Gasteiger partial charge in [0.05, 0.1) is 23.6 Å². The zero-order valence-corrected chi connectivity index (χ0v) is 22.5. The van der Waals surface area contributed by atoms with Crippen molar-refractivity contribution in [3.05, 3.63) is 106 Å². The molecule has 40 heavy (non-hydrogen) atoms. The summed E-state index contributed by atoms with van der Waals surface area (Å²) in [5.41, 5.74) is 0.940. The number of halogens is 1. The number of rotatable bonds is 6. The second-order valence-electron chi connectivity index (χ2n) is 11.1. The molecule has 1 saturated heterocycles. The number of nitrogens with zero attached hydrogens (tertiary/aromatic N) is 2. The molecule has 5 rings (SSSR count). The third kappa shape index (κ3) is 4.58. The number of aliphatic carboxylic acids is 1. The number of hydrogen-bond acceptors (Lipinski definition) is 4. The molecule has 0 aromatic heterocycles. The molecular formula is C33H31FN2O4. The molecule has 3 aromatic rings. The topological polar surface area (TPSA) is 98.5 Å². The molecule has 6 nitrogen and oxygen atoms in total. The number of Topliss-reactive ketones (excluding diaryl/α,β-unsaturated/α-hetero) is 1. The Morgan fingerprint density at radius 2 is 1.60 bits per heavy atom. The van der Waals surface area contributed by atoms with E-state index in [0.717, 1.165) is 18.4 Å². The Morgan fingerprint density at radius 1 is 0.975 bits per heavy atom. The van der Waals surface area contributed by atoms with E-state index in [0.29, 0.717) is 35.1 Å². The van der Waals surface area contributed by atoms with Gasteiger partial charge in [0, 0.05) is 17.4 Å². The van der Waals surface area contributed by atoms with Gasteiger partial charge < -0.3 is 10.0 Å². The molecule has 3 aromatic carbocycles. The highest BCUT2D eigenvalue weighted by Gasteiger charge is 2.65. The number of likely N-dealkylation sites (tertiary alicyclic amines) is 1. The van der Waals surface area contributed by atoms with Crippen molar-refractivity contribution in [3.63, 3.8) is 0 Å². The van der Waals surface area contributed by atoms with Gasteiger partial charge in [-0.25, -0.2) is 9.18 Å². The predicted octanol–water partition coefficient (Wildman–Crippen LogP) is 6.21. The number of ketones is 1. The highest BCUT2D eigenvalue weighted by molar-refractivity contribution is 6.02. The number of carboxylic acid groups (broad SMARTS) is 1. The van der Waals surface area contributed by atoms with E-state index in [2.05, 4.69) is 6.07 Å². The van der Waals surface area contributed by atoms with Crippen LogP contribution in [0, 0.1) is 35.9 Å². The first-order valence-corrected chi connectivity index (χ1v) is 13.6. The molecule has 7 heteroatoms. The average molecular weight is 539 g/mol. The van der Waals surface area contributed by atoms with Gasteiger partial charge in [-0.05, 0) is 68.1 Å². The lowest BCUT2D eigenvalue weighted by atomic mass is 9.71. The Labute approximate surface area is 233 Å². The normalized spacial score (nSPS) is 24.6. The number of hydrogen-bond donors (Lipinski definition) is 1. The van der Waals surface area contributed by atoms with Crippen LogP contribution in [0.5, 0.6) is 0 Å². The molecule has 0 spiro atoms. The third-order valence-corrected chi connectivity index (χ3v) is 8.67. The lowest BCUT2D eigenvalue weighted by Crippen LogP contribution is -2.55. The van der Waals surface area contributed by atoms with E-state index in [4.69, 9.17) is 0 Å². The number of carbonyl (C=O) groups excluding carboxylic acids is 2. The van der Waals surface area contributed by atoms with Gasteiger partial charge in [-0.3, -0.25) is 9.59 Å². The summed E-state index contributed by atoms with van der Waals surface area (Å²) in [6, 6.07) is 20.4. The summed E-state index contributed by atoms with van der Waals surface area (Å²) < 4.78 is 14.0. The molecule has 1 aliphatic heterocycles. The number of carboxylic acids is 1. The van der Waals surface area contributed by atoms with Crippen LogP contribution in [0.25, 0.3) is 0 Å². The first-order valence-electron chi connectivity index (χ1n) is 13.6. The first kappa shape index (κ1) is 27.3. The molecule has 4 unspecified atom stereocenters. The Morgan fingerprint density at radius 3 is 2.17 bits per heavy atom. The van der Waals surface area contributed by atoms with E-state index in [-0.39, 0.29) is 17.6 Å². The summed E-state index contributed by atoms with van der Waals surface area (Å²) in [6.45, 7) is 3.38. The molecule has 1 aliphatic carbocycles. The molecule has 4 atom stereocenters. The monoisotopic (exact) mass is 538 g/mol. The summed E-state index contributed by atoms with van der Waals surface area (Å²) in [5.74, 6) is -4.59. The molecule has 1 amide bonds. The SMILES string of the molecule is Cc1cccc(C(=O)C2C(c3ccc(C#N)cc3)N(C(=O)C3CCCC3)C(C)(C(=O)O)C2c2ccc(F)cc2)c1. The molecule has 1 heterocycles. The molecule has 1 saturated carbocycles. The van der Waals surface area contributed by atoms with Gasteiger partial charge in [0.15, 0.2) is 5.78 Å². The highest BCUT2D eigenvalue weighted by atomic mass is 19.1. The third-order valence-electron chi connectivity index (χ3n) is 8.67. The number of carbonyl (C=O) groups is 3. The Balaban J connectivity index is 1.80. The predicted molar refractivity (Wildman–Crippen MR) is 147 cm³/mol. The van der Waals surface area contributed by atoms with E-state index in [9.17, 15) is 29.1 Å². The van der Waals surface area contributed by atoms with E-state index < -0.39 is 35.2 Å². The van der Waals surface area contributed by atoms with Crippen LogP contribution in [0.3, 0.4) is 0 Å². The van der Waals surface area contributed by atoms with Crippen molar-refractivity contribution in [1.29, 1.82) is 5.26 Å². The Bertz CT molecular complexity index is 1490. The lowest BCUT2D eigenvalue weighted by molar-refractivity contribution is -0.159. The van der Waals surface area contributed by atoms with Crippen molar-refractivity contribution in [1.82, 2.24) is 4.90 Å². The van der Waals surface area contributed by atoms with Crippen LogP contribution in [0.2, 0.25) is 0 Å². The molecule has 0 radical (unpaired) electrons. The summed E-state index contributed by atoms with van der Waals surface area (Å²) in [7, 11) is 0. The summed E-state index contributed by atoms with van der Waals surface area (Å²) in [6.07, 6.45) is 3.07. The second-order valence-corrected chi connectivity index (χ2v) is 11.1. The van der Waals surface area contributed by atoms with Gasteiger partial charge >= 0.3 is 5.97 Å². The molecule has 0 bridgehead atoms. The minimum atomic E-state index is -1.81. The van der Waals surface area contributed by atoms with Crippen molar-refractivity contribution in [3.8, 4) is 6.07 Å². The van der Waals surface area contributed by atoms with Gasteiger partial charge in [-0.2, -0.15) is 5.26 Å². The maximum Gasteiger partial charge on any atom is 0.330 e. The second kappa shape index (κ2) is 10.7. The quantitative estimate of drug-likeness (QED) is 0.377. The Hall–Kier alpha value is -4.31. The van der Waals surface area contributed by atoms with Crippen LogP contribution in [0.15, 0.2) is 72.8 Å². The van der Waals surface area contributed by atoms with Crippen molar-refractivity contribution in [2.24, 2.45) is 11.8 Å². The van der Waals surface area contributed by atoms with Gasteiger partial charge in [-0.1, -0.05) is 60.9 Å². The van der Waals surface area contributed by atoms with E-state index in [1.807, 2.05) is 13.0 Å². The van der Waals surface area contributed by atoms with Crippen LogP contribution >= 0.6 is 0 Å². The molecule has 2 fully saturated rings. The van der Waals surface area contributed by atoms with Crippen molar-refractivity contribution in [2.75, 3.05) is 0 Å². The molecule has 2 aliphatic rings. The van der Waals surface area contributed by atoms with E-state index >= 15 is 0 Å². The van der Waals surface area contributed by atoms with Crippen molar-refractivity contribution in [2.45, 2.75) is 57.0 Å². The smallest absolute Gasteiger partial charge is 0.330 e. The molecule has 204 valence electrons. The first-order chi connectivity index (χ1) is 19.2. The maximum atomic E-state index is 14.5. The fourth-order valence-electron chi connectivity index (χ4n) is 6.70. The lowest BCUT2D eigenvalue weighted by Gasteiger charge is -2.39. The van der Waals surface area contributed by atoms with Gasteiger partial charge in [0.1, 0.15) is 11.4 Å². The average Bonchev–Trinajstić information content (AvgIpc) is 3.59. The zero-order chi connectivity index (χ0) is 28.6. The van der Waals surface area contributed by atoms with Gasteiger partial charge in [-0.15, -0.1) is 0 Å². The highest BCUT2D eigenvalue weighted by Crippen LogP contribution is 2.57.